The molecule has 0 aliphatic heterocycles. The number of imidazole rings is 1. The molecule has 3 aromatic heterocycles. The molecule has 0 amide bonds. The van der Waals surface area contributed by atoms with E-state index in [0.717, 1.165) is 44.1 Å². The number of para-hydroxylation sites is 1. The van der Waals surface area contributed by atoms with Crippen molar-refractivity contribution in [3.8, 4) is 73.2 Å². The number of ether oxygens (including phenoxy) is 1. The summed E-state index contributed by atoms with van der Waals surface area (Å²) in [6.07, 6.45) is 5.12. The number of pyridine rings is 1. The molecule has 0 saturated carbocycles. The Bertz CT molecular complexity index is 6740. The maximum atomic E-state index is 10.8. The molecule has 0 bridgehead atoms. The van der Waals surface area contributed by atoms with Crippen molar-refractivity contribution in [1.82, 2.24) is 14.1 Å². The summed E-state index contributed by atoms with van der Waals surface area (Å²) in [4.78, 5) is 4.86. The normalized spacial score (nSPS) is 16.9. The summed E-state index contributed by atoms with van der Waals surface area (Å²) in [6.45, 7) is 8.70. The van der Waals surface area contributed by atoms with Crippen molar-refractivity contribution in [2.75, 3.05) is 0 Å². The van der Waals surface area contributed by atoms with Gasteiger partial charge >= 0.3 is 0 Å². The molecule has 0 fully saturated rings. The predicted molar refractivity (Wildman–Crippen MR) is 390 cm³/mol. The first-order chi connectivity index (χ1) is 58.1. The molecule has 93 heavy (non-hydrogen) atoms. The van der Waals surface area contributed by atoms with Gasteiger partial charge in [0.25, 0.3) is 6.33 Å². The van der Waals surface area contributed by atoms with E-state index in [9.17, 15) is 30.2 Å². The summed E-state index contributed by atoms with van der Waals surface area (Å²) in [5.74, 6) is 1.10. The van der Waals surface area contributed by atoms with Crippen molar-refractivity contribution in [3.05, 3.63) is 332 Å². The molecule has 0 aliphatic rings. The Labute approximate surface area is 590 Å². The summed E-state index contributed by atoms with van der Waals surface area (Å²) >= 11 is 0. The first-order valence-corrected chi connectivity index (χ1v) is 31.7. The van der Waals surface area contributed by atoms with Gasteiger partial charge in [0.1, 0.15) is 17.3 Å². The summed E-state index contributed by atoms with van der Waals surface area (Å²) in [6, 6.07) is 4.90. The van der Waals surface area contributed by atoms with Gasteiger partial charge in [-0.25, -0.2) is 4.98 Å². The summed E-state index contributed by atoms with van der Waals surface area (Å²) in [7, 11) is -6.81. The zero-order valence-corrected chi connectivity index (χ0v) is 52.0. The van der Waals surface area contributed by atoms with Crippen molar-refractivity contribution in [2.45, 2.75) is 59.2 Å². The van der Waals surface area contributed by atoms with Gasteiger partial charge in [0.2, 0.25) is 0 Å². The highest BCUT2D eigenvalue weighted by molar-refractivity contribution is 7.20. The van der Waals surface area contributed by atoms with Gasteiger partial charge in [-0.1, -0.05) is 271 Å². The number of fused-ring (bicyclic) bond motifs is 4. The zero-order valence-electron chi connectivity index (χ0n) is 82.0. The molecule has 0 atom stereocenters. The van der Waals surface area contributed by atoms with Crippen LogP contribution in [0, 0.1) is 13.2 Å². The Morgan fingerprint density at radius 3 is 1.65 bits per heavy atom. The molecule has 5 nitrogen and oxygen atoms in total. The summed E-state index contributed by atoms with van der Waals surface area (Å²) in [5, 5.41) is -2.62. The van der Waals surface area contributed by atoms with E-state index in [0.29, 0.717) is 28.2 Å². The second-order valence-electron chi connectivity index (χ2n) is 24.3. The van der Waals surface area contributed by atoms with Crippen LogP contribution in [0.5, 0.6) is 11.5 Å². The molecule has 12 aromatic carbocycles. The average Bonchev–Trinajstić information content (AvgIpc) is 0.693. The lowest BCUT2D eigenvalue weighted by Crippen LogP contribution is -2.76. The molecule has 0 unspecified atom stereocenters. The highest BCUT2D eigenvalue weighted by atomic mass is 28.3. The minimum atomic E-state index is -6.81. The fourth-order valence-corrected chi connectivity index (χ4v) is 16.0. The molecule has 15 aromatic rings. The van der Waals surface area contributed by atoms with Gasteiger partial charge in [0.15, 0.2) is 8.07 Å². The Kier molecular flexibility index (Phi) is 8.52. The number of nitrogens with zero attached hydrogens (tertiary/aromatic N) is 4. The fourth-order valence-electron chi connectivity index (χ4n) is 11.9. The average molecular weight is 1250 g/mol. The molecule has 450 valence electrons. The molecule has 6 heteroatoms. The van der Waals surface area contributed by atoms with Gasteiger partial charge in [-0.3, -0.25) is 13.7 Å². The van der Waals surface area contributed by atoms with Crippen molar-refractivity contribution >= 4 is 61.7 Å². The lowest BCUT2D eigenvalue weighted by Gasteiger charge is -2.37. The van der Waals surface area contributed by atoms with E-state index >= 15 is 0 Å². The number of hydrogen-bond donors (Lipinski definition) is 0. The lowest BCUT2D eigenvalue weighted by molar-refractivity contribution is -0.570. The number of benzene rings is 12. The number of hydrogen-bond acceptors (Lipinski definition) is 2. The zero-order chi connectivity index (χ0) is 90.3. The molecule has 0 saturated heterocycles. The number of aryl methyl sites for hydroxylation is 1. The first-order valence-electron chi connectivity index (χ1n) is 45.2. The number of rotatable bonds is 13. The molecule has 0 radical (unpaired) electrons. The van der Waals surface area contributed by atoms with Crippen molar-refractivity contribution in [1.29, 1.82) is 0 Å². The van der Waals surface area contributed by atoms with E-state index < -0.39 is 249 Å². The Morgan fingerprint density at radius 2 is 1.03 bits per heavy atom. The van der Waals surface area contributed by atoms with Crippen LogP contribution in [-0.2, 0) is 10.8 Å². The Morgan fingerprint density at radius 1 is 0.462 bits per heavy atom. The molecular formula is C87H72N4OSi. The van der Waals surface area contributed by atoms with Gasteiger partial charge in [0, 0.05) is 27.1 Å². The predicted octanol–water partition coefficient (Wildman–Crippen LogP) is 18.9. The van der Waals surface area contributed by atoms with Crippen LogP contribution in [0.1, 0.15) is 101 Å². The highest BCUT2D eigenvalue weighted by Gasteiger charge is 2.44. The third-order valence-electron chi connectivity index (χ3n) is 16.4. The molecule has 0 spiro atoms. The van der Waals surface area contributed by atoms with Gasteiger partial charge in [-0.2, -0.15) is 0 Å². The van der Waals surface area contributed by atoms with Crippen LogP contribution in [0.4, 0.5) is 0 Å². The standard InChI is InChI=1S/C87H72N4OSi/c1-60-50-78(67-53-65(61-26-13-8-14-27-61)52-66(54-67)62-28-15-9-16-29-62)85(83(51-60)93(73-32-17-10-18-33-73,74-34-19-11-20-35-74)75-36-21-12-22-37-75)90-59-89(82-55-64(42-47-80(82)90)63-40-43-68(44-41-63)86(2,3)4)70-30-25-31-71(57-70)92-72-45-46-77-76-38-23-24-39-79(76)91(81(77)58-72)84-56-69(48-49-88-84)87(5,6)7/h8-58H,1-7H3/i1D3,8D,9D,10D,11D,12D,13D,14D,15D,16D,17D,18D,19D,20D,21D,22D,26D,27D,28D,29D,32D,33D,34D,35D,36D,37D,52D,53D,54D. The van der Waals surface area contributed by atoms with E-state index in [1.165, 1.54) is 10.6 Å². The largest absolute Gasteiger partial charge is 0.458 e. The van der Waals surface area contributed by atoms with Gasteiger partial charge < -0.3 is 4.74 Å². The number of aromatic nitrogens is 4. The molecule has 15 rings (SSSR count). The van der Waals surface area contributed by atoms with Crippen LogP contribution < -0.4 is 30.1 Å². The molecule has 0 aliphatic carbocycles. The van der Waals surface area contributed by atoms with Gasteiger partial charge in [-0.15, -0.1) is 0 Å². The first kappa shape index (κ1) is 33.4. The SMILES string of the molecule is [2H]c1c([2H])c([2H])c(-c2c([2H])c(-c3cc(C([2H])([2H])[2H])cc([Si](c4c([2H])c([2H])c([2H])c([2H])c4[2H])(c4c([2H])c([2H])c([2H])c([2H])c4[2H])c4c([2H])c([2H])c([2H])c([2H])c4[2H])c3-[n+]3[c-]n(-c4cccc(Oc5ccc6c7ccccc7n(-c7cc(C(C)(C)C)ccn7)c6c5)c4)c4cc(-c5ccc(C(C)(C)C)cc5)ccc43)c([2H])c(-c3c([2H])c([2H])c([2H])c([2H])c3[2H])c2[2H])c([2H])c1[2H]. The summed E-state index contributed by atoms with van der Waals surface area (Å²) in [5.41, 5.74) is -3.70. The van der Waals surface area contributed by atoms with Crippen LogP contribution >= 0.6 is 0 Å². The third kappa shape index (κ3) is 10.9. The lowest BCUT2D eigenvalue weighted by atomic mass is 9.86. The second kappa shape index (κ2) is 23.7. The van der Waals surface area contributed by atoms with Crippen LogP contribution in [0.2, 0.25) is 0 Å². The van der Waals surface area contributed by atoms with Crippen molar-refractivity contribution in [3.63, 3.8) is 0 Å². The van der Waals surface area contributed by atoms with E-state index in [-0.39, 0.29) is 33.3 Å². The second-order valence-corrected chi connectivity index (χ2v) is 27.8. The van der Waals surface area contributed by atoms with Crippen LogP contribution in [0.25, 0.3) is 94.5 Å². The third-order valence-corrected chi connectivity index (χ3v) is 20.6. The molecule has 0 N–H and O–H groups in total. The van der Waals surface area contributed by atoms with E-state index in [1.54, 1.807) is 48.7 Å². The molecule has 3 heterocycles. The minimum absolute atomic E-state index is 0.0845. The van der Waals surface area contributed by atoms with Crippen molar-refractivity contribution < 1.29 is 51.8 Å². The van der Waals surface area contributed by atoms with Crippen LogP contribution in [-0.4, -0.2) is 22.2 Å². The Hall–Kier alpha value is -10.9. The van der Waals surface area contributed by atoms with E-state index in [2.05, 4.69) is 27.1 Å². The maximum Gasteiger partial charge on any atom is 0.269 e. The topological polar surface area (TPSA) is 35.9 Å². The van der Waals surface area contributed by atoms with E-state index in [4.69, 9.17) is 22.1 Å². The monoisotopic (exact) mass is 1250 g/mol. The van der Waals surface area contributed by atoms with Crippen molar-refractivity contribution in [2.24, 2.45) is 0 Å². The van der Waals surface area contributed by atoms with Crippen LogP contribution in [0.15, 0.2) is 309 Å². The van der Waals surface area contributed by atoms with Crippen LogP contribution in [0.3, 0.4) is 0 Å². The smallest absolute Gasteiger partial charge is 0.269 e. The van der Waals surface area contributed by atoms with E-state index in [1.807, 2.05) is 98.1 Å². The Balaban J connectivity index is 1.19. The fraction of sp³-hybridized carbons (Fsp3) is 0.103. The maximum absolute atomic E-state index is 10.8. The van der Waals surface area contributed by atoms with Gasteiger partial charge in [-0.05, 0) is 167 Å². The summed E-state index contributed by atoms with van der Waals surface area (Å²) < 4.78 is 311. The van der Waals surface area contributed by atoms with Gasteiger partial charge in [0.05, 0.1) is 71.8 Å². The highest BCUT2D eigenvalue weighted by Crippen LogP contribution is 2.40. The quantitative estimate of drug-likeness (QED) is 0.0499. The minimum Gasteiger partial charge on any atom is -0.458 e. The molecular weight excluding hydrogens is 1150 g/mol.